The standard InChI is InChI=1S/C31H41FN6O3Si/c1-8-21-17-34-29(35-23-10-9-13-37(18-23)30(39)41-31(2,3)4)36-27(21)25-19-38(20-40-14-15-42(5,6)7)28-24(25)12-11-22(16-33)26(28)32/h8,11-12,17,19,23H,1,9-10,13-15,18,20H2,2-7H3,(H,34,35,36)/t23-/m0/s1. The Labute approximate surface area is 248 Å². The van der Waals surface area contributed by atoms with Gasteiger partial charge < -0.3 is 24.3 Å². The number of carbonyl (C=O) groups is 1. The van der Waals surface area contributed by atoms with Gasteiger partial charge in [0.1, 0.15) is 18.4 Å². The van der Waals surface area contributed by atoms with E-state index in [1.165, 1.54) is 6.07 Å². The second-order valence-corrected chi connectivity index (χ2v) is 18.5. The third-order valence-electron chi connectivity index (χ3n) is 7.02. The lowest BCUT2D eigenvalue weighted by Gasteiger charge is -2.34. The Morgan fingerprint density at radius 2 is 2.10 bits per heavy atom. The number of carbonyl (C=O) groups excluding carboxylic acids is 1. The number of nitrogens with zero attached hydrogens (tertiary/aromatic N) is 5. The van der Waals surface area contributed by atoms with Crippen LogP contribution in [0.5, 0.6) is 0 Å². The Hall–Kier alpha value is -3.75. The summed E-state index contributed by atoms with van der Waals surface area (Å²) in [6.45, 7) is 18.1. The minimum Gasteiger partial charge on any atom is -0.444 e. The molecule has 1 saturated heterocycles. The van der Waals surface area contributed by atoms with Gasteiger partial charge in [0.15, 0.2) is 5.82 Å². The first-order valence-electron chi connectivity index (χ1n) is 14.3. The van der Waals surface area contributed by atoms with Gasteiger partial charge in [-0.25, -0.2) is 19.2 Å². The number of nitriles is 1. The molecular formula is C31H41FN6O3Si. The van der Waals surface area contributed by atoms with Gasteiger partial charge in [-0.15, -0.1) is 0 Å². The molecule has 1 N–H and O–H groups in total. The number of fused-ring (bicyclic) bond motifs is 1. The van der Waals surface area contributed by atoms with E-state index in [9.17, 15) is 10.1 Å². The maximum Gasteiger partial charge on any atom is 0.410 e. The summed E-state index contributed by atoms with van der Waals surface area (Å²) in [7, 11) is -1.30. The highest BCUT2D eigenvalue weighted by Crippen LogP contribution is 2.35. The number of aromatic nitrogens is 3. The Bertz CT molecular complexity index is 1500. The van der Waals surface area contributed by atoms with E-state index < -0.39 is 19.5 Å². The molecule has 3 aromatic rings. The average Bonchev–Trinajstić information content (AvgIpc) is 3.29. The molecule has 2 aromatic heterocycles. The van der Waals surface area contributed by atoms with Crippen LogP contribution in [0.15, 0.2) is 31.1 Å². The lowest BCUT2D eigenvalue weighted by atomic mass is 10.0. The summed E-state index contributed by atoms with van der Waals surface area (Å²) in [5, 5.41) is 13.5. The van der Waals surface area contributed by atoms with Gasteiger partial charge in [-0.3, -0.25) is 0 Å². The van der Waals surface area contributed by atoms with Crippen LogP contribution in [0.4, 0.5) is 15.1 Å². The van der Waals surface area contributed by atoms with Gasteiger partial charge in [0.05, 0.1) is 16.8 Å². The van der Waals surface area contributed by atoms with Crippen LogP contribution in [0.2, 0.25) is 25.7 Å². The van der Waals surface area contributed by atoms with E-state index in [1.807, 2.05) is 33.0 Å². The van der Waals surface area contributed by atoms with Crippen LogP contribution in [0.25, 0.3) is 28.2 Å². The second kappa shape index (κ2) is 12.6. The topological polar surface area (TPSA) is 105 Å². The number of amides is 1. The molecular weight excluding hydrogens is 551 g/mol. The third-order valence-corrected chi connectivity index (χ3v) is 8.73. The summed E-state index contributed by atoms with van der Waals surface area (Å²) >= 11 is 0. The largest absolute Gasteiger partial charge is 0.444 e. The molecule has 9 nitrogen and oxygen atoms in total. The third kappa shape index (κ3) is 7.55. The lowest BCUT2D eigenvalue weighted by Crippen LogP contribution is -2.47. The fourth-order valence-corrected chi connectivity index (χ4v) is 5.62. The molecule has 0 radical (unpaired) electrons. The number of benzene rings is 1. The zero-order valence-corrected chi connectivity index (χ0v) is 26.5. The van der Waals surface area contributed by atoms with Crippen molar-refractivity contribution in [2.75, 3.05) is 25.0 Å². The van der Waals surface area contributed by atoms with Crippen LogP contribution in [0, 0.1) is 17.1 Å². The van der Waals surface area contributed by atoms with Crippen LogP contribution in [-0.2, 0) is 16.2 Å². The van der Waals surface area contributed by atoms with E-state index in [4.69, 9.17) is 14.5 Å². The van der Waals surface area contributed by atoms with Crippen molar-refractivity contribution >= 4 is 37.1 Å². The summed E-state index contributed by atoms with van der Waals surface area (Å²) < 4.78 is 28.8. The van der Waals surface area contributed by atoms with Gasteiger partial charge in [0.25, 0.3) is 0 Å². The first-order valence-corrected chi connectivity index (χ1v) is 18.0. The number of hydrogen-bond acceptors (Lipinski definition) is 7. The first-order chi connectivity index (χ1) is 19.8. The number of halogens is 1. The van der Waals surface area contributed by atoms with E-state index >= 15 is 4.39 Å². The van der Waals surface area contributed by atoms with E-state index in [-0.39, 0.29) is 24.4 Å². The monoisotopic (exact) mass is 592 g/mol. The Morgan fingerprint density at radius 3 is 2.76 bits per heavy atom. The molecule has 0 saturated carbocycles. The molecule has 1 fully saturated rings. The second-order valence-electron chi connectivity index (χ2n) is 12.9. The zero-order chi connectivity index (χ0) is 30.7. The molecule has 11 heteroatoms. The van der Waals surface area contributed by atoms with Gasteiger partial charge in [0, 0.05) is 62.7 Å². The minimum absolute atomic E-state index is 0.0312. The van der Waals surface area contributed by atoms with Crippen molar-refractivity contribution in [1.29, 1.82) is 5.26 Å². The number of rotatable bonds is 9. The zero-order valence-electron chi connectivity index (χ0n) is 25.5. The average molecular weight is 593 g/mol. The molecule has 1 atom stereocenters. The molecule has 1 aliphatic rings. The number of ether oxygens (including phenoxy) is 2. The van der Waals surface area contributed by atoms with Gasteiger partial charge in [-0.05, 0) is 45.7 Å². The van der Waals surface area contributed by atoms with Gasteiger partial charge in [0.2, 0.25) is 5.95 Å². The van der Waals surface area contributed by atoms with E-state index in [0.717, 1.165) is 18.9 Å². The van der Waals surface area contributed by atoms with E-state index in [1.54, 1.807) is 27.8 Å². The van der Waals surface area contributed by atoms with E-state index in [2.05, 4.69) is 36.5 Å². The molecule has 1 amide bonds. The smallest absolute Gasteiger partial charge is 0.410 e. The maximum absolute atomic E-state index is 15.5. The number of nitrogens with one attached hydrogen (secondary N) is 1. The highest BCUT2D eigenvalue weighted by Gasteiger charge is 2.28. The fraction of sp³-hybridized carbons (Fsp3) is 0.484. The predicted octanol–water partition coefficient (Wildman–Crippen LogP) is 6.88. The Balaban J connectivity index is 1.65. The quantitative estimate of drug-likeness (QED) is 0.213. The fourth-order valence-electron chi connectivity index (χ4n) is 4.87. The first kappa shape index (κ1) is 31.2. The number of likely N-dealkylation sites (tertiary alicyclic amines) is 1. The summed E-state index contributed by atoms with van der Waals surface area (Å²) in [4.78, 5) is 23.7. The van der Waals surface area contributed by atoms with Crippen LogP contribution in [0.1, 0.15) is 44.7 Å². The molecule has 1 aliphatic heterocycles. The van der Waals surface area contributed by atoms with Gasteiger partial charge in [-0.2, -0.15) is 5.26 Å². The van der Waals surface area contributed by atoms with Crippen molar-refractivity contribution in [2.24, 2.45) is 0 Å². The highest BCUT2D eigenvalue weighted by molar-refractivity contribution is 6.76. The summed E-state index contributed by atoms with van der Waals surface area (Å²) in [6, 6.07) is 6.09. The number of piperidine rings is 1. The molecule has 0 bridgehead atoms. The Kier molecular flexibility index (Phi) is 9.38. The van der Waals surface area contributed by atoms with Crippen molar-refractivity contribution in [2.45, 2.75) is 77.7 Å². The minimum atomic E-state index is -1.30. The number of hydrogen-bond donors (Lipinski definition) is 1. The predicted molar refractivity (Wildman–Crippen MR) is 166 cm³/mol. The van der Waals surface area contributed by atoms with Crippen molar-refractivity contribution in [3.63, 3.8) is 0 Å². The molecule has 0 aliphatic carbocycles. The molecule has 0 spiro atoms. The molecule has 0 unspecified atom stereocenters. The summed E-state index contributed by atoms with van der Waals surface area (Å²) in [5.41, 5.74) is 1.64. The lowest BCUT2D eigenvalue weighted by molar-refractivity contribution is 0.0206. The van der Waals surface area contributed by atoms with Crippen molar-refractivity contribution in [1.82, 2.24) is 19.4 Å². The van der Waals surface area contributed by atoms with Gasteiger partial charge >= 0.3 is 6.09 Å². The SMILES string of the molecule is C=Cc1cnc(N[C@H]2CCCN(C(=O)OC(C)(C)C)C2)nc1-c1cn(COCC[Si](C)(C)C)c2c(F)c(C#N)ccc12. The molecule has 224 valence electrons. The van der Waals surface area contributed by atoms with Crippen molar-refractivity contribution in [3.8, 4) is 17.3 Å². The Morgan fingerprint density at radius 1 is 1.33 bits per heavy atom. The molecule has 1 aromatic carbocycles. The molecule has 4 rings (SSSR count). The number of anilines is 1. The van der Waals surface area contributed by atoms with E-state index in [0.29, 0.717) is 53.4 Å². The van der Waals surface area contributed by atoms with Crippen LogP contribution >= 0.6 is 0 Å². The van der Waals surface area contributed by atoms with Gasteiger partial charge in [-0.1, -0.05) is 38.4 Å². The normalized spacial score (nSPS) is 15.9. The summed E-state index contributed by atoms with van der Waals surface area (Å²) in [6.07, 6.45) is 6.48. The molecule has 42 heavy (non-hydrogen) atoms. The summed E-state index contributed by atoms with van der Waals surface area (Å²) in [5.74, 6) is -0.194. The van der Waals surface area contributed by atoms with Crippen molar-refractivity contribution in [3.05, 3.63) is 48.0 Å². The van der Waals surface area contributed by atoms with Crippen LogP contribution in [0.3, 0.4) is 0 Å². The van der Waals surface area contributed by atoms with Crippen molar-refractivity contribution < 1.29 is 18.7 Å². The molecule has 3 heterocycles. The highest BCUT2D eigenvalue weighted by atomic mass is 28.3. The van der Waals surface area contributed by atoms with Crippen LogP contribution < -0.4 is 5.32 Å². The maximum atomic E-state index is 15.5. The van der Waals surface area contributed by atoms with Crippen LogP contribution in [-0.4, -0.2) is 64.9 Å².